The summed E-state index contributed by atoms with van der Waals surface area (Å²) < 4.78 is 16.5. The molecular formula is C13H18O4. The van der Waals surface area contributed by atoms with E-state index < -0.39 is 18.0 Å². The molecule has 0 aromatic carbocycles. The minimum absolute atomic E-state index is 0.286. The second kappa shape index (κ2) is 5.35. The quantitative estimate of drug-likeness (QED) is 0.424. The van der Waals surface area contributed by atoms with E-state index in [9.17, 15) is 4.79 Å². The van der Waals surface area contributed by atoms with E-state index in [0.717, 1.165) is 0 Å². The highest BCUT2D eigenvalue weighted by Crippen LogP contribution is 2.32. The summed E-state index contributed by atoms with van der Waals surface area (Å²) in [6.45, 7) is 8.62. The van der Waals surface area contributed by atoms with Crippen molar-refractivity contribution in [1.29, 1.82) is 0 Å². The molecule has 1 rings (SSSR count). The molecule has 0 saturated carbocycles. The van der Waals surface area contributed by atoms with Crippen molar-refractivity contribution in [1.82, 2.24) is 0 Å². The maximum Gasteiger partial charge on any atom is 0.303 e. The Bertz CT molecular complexity index is 340. The molecule has 1 aliphatic heterocycles. The predicted molar refractivity (Wildman–Crippen MR) is 63.0 cm³/mol. The summed E-state index contributed by atoms with van der Waals surface area (Å²) in [6.07, 6.45) is 5.92. The Morgan fingerprint density at radius 2 is 2.29 bits per heavy atom. The third-order valence-corrected chi connectivity index (χ3v) is 2.40. The third-order valence-electron chi connectivity index (χ3n) is 2.40. The Morgan fingerprint density at radius 3 is 2.76 bits per heavy atom. The summed E-state index contributed by atoms with van der Waals surface area (Å²) in [5.41, 5.74) is 0. The van der Waals surface area contributed by atoms with Crippen LogP contribution in [0.5, 0.6) is 0 Å². The molecule has 0 spiro atoms. The number of carbonyl (C=O) groups is 1. The minimum Gasteiger partial charge on any atom is -0.459 e. The van der Waals surface area contributed by atoms with Crippen LogP contribution in [0.15, 0.2) is 12.7 Å². The lowest BCUT2D eigenvalue weighted by Crippen LogP contribution is -2.37. The fourth-order valence-electron chi connectivity index (χ4n) is 1.84. The summed E-state index contributed by atoms with van der Waals surface area (Å²) in [4.78, 5) is 11.0. The average molecular weight is 238 g/mol. The first kappa shape index (κ1) is 13.8. The topological polar surface area (TPSA) is 44.8 Å². The Kier molecular flexibility index (Phi) is 4.33. The van der Waals surface area contributed by atoms with Gasteiger partial charge in [0.25, 0.3) is 0 Å². The molecular weight excluding hydrogens is 220 g/mol. The first-order valence-electron chi connectivity index (χ1n) is 5.48. The fraction of sp³-hybridized carbons (Fsp3) is 0.615. The van der Waals surface area contributed by atoms with Crippen LogP contribution in [0.2, 0.25) is 0 Å². The van der Waals surface area contributed by atoms with Crippen molar-refractivity contribution in [3.63, 3.8) is 0 Å². The number of carbonyl (C=O) groups excluding carboxylic acids is 1. The van der Waals surface area contributed by atoms with Gasteiger partial charge in [0.05, 0.1) is 0 Å². The summed E-state index contributed by atoms with van der Waals surface area (Å²) in [6, 6.07) is 0. The second-order valence-corrected chi connectivity index (χ2v) is 4.36. The fourth-order valence-corrected chi connectivity index (χ4v) is 1.84. The van der Waals surface area contributed by atoms with Crippen LogP contribution in [0.4, 0.5) is 0 Å². The van der Waals surface area contributed by atoms with Gasteiger partial charge in [0.15, 0.2) is 5.79 Å². The van der Waals surface area contributed by atoms with Crippen LogP contribution in [0, 0.1) is 12.3 Å². The highest BCUT2D eigenvalue weighted by Gasteiger charge is 2.44. The number of esters is 1. The molecule has 1 fully saturated rings. The number of terminal acetylenes is 1. The lowest BCUT2D eigenvalue weighted by Gasteiger charge is -2.23. The van der Waals surface area contributed by atoms with Gasteiger partial charge in [-0.05, 0) is 13.8 Å². The van der Waals surface area contributed by atoms with Crippen LogP contribution in [0.1, 0.15) is 27.2 Å². The van der Waals surface area contributed by atoms with Crippen molar-refractivity contribution in [2.45, 2.75) is 51.3 Å². The van der Waals surface area contributed by atoms with Crippen LogP contribution in [-0.2, 0) is 19.0 Å². The average Bonchev–Trinajstić information content (AvgIpc) is 2.52. The van der Waals surface area contributed by atoms with Crippen molar-refractivity contribution in [2.24, 2.45) is 0 Å². The van der Waals surface area contributed by atoms with E-state index in [0.29, 0.717) is 0 Å². The molecule has 0 unspecified atom stereocenters. The van der Waals surface area contributed by atoms with E-state index >= 15 is 0 Å². The normalized spacial score (nSPS) is 28.1. The zero-order chi connectivity index (χ0) is 13.1. The number of rotatable bonds is 4. The van der Waals surface area contributed by atoms with E-state index in [-0.39, 0.29) is 18.5 Å². The molecule has 0 aliphatic carbocycles. The van der Waals surface area contributed by atoms with Crippen LogP contribution in [0.3, 0.4) is 0 Å². The van der Waals surface area contributed by atoms with Crippen LogP contribution < -0.4 is 0 Å². The maximum absolute atomic E-state index is 11.0. The SMILES string of the molecule is C#CC[C@@H](OC(C)=O)[C@H]1OC(C)(C)O[C@@H]1C=C. The van der Waals surface area contributed by atoms with Gasteiger partial charge >= 0.3 is 5.97 Å². The molecule has 1 heterocycles. The highest BCUT2D eigenvalue weighted by atomic mass is 16.8. The van der Waals surface area contributed by atoms with Crippen molar-refractivity contribution in [3.05, 3.63) is 12.7 Å². The molecule has 17 heavy (non-hydrogen) atoms. The monoisotopic (exact) mass is 238 g/mol. The van der Waals surface area contributed by atoms with Crippen LogP contribution in [0.25, 0.3) is 0 Å². The van der Waals surface area contributed by atoms with E-state index in [1.807, 2.05) is 0 Å². The molecule has 0 amide bonds. The Balaban J connectivity index is 2.82. The third kappa shape index (κ3) is 3.58. The molecule has 0 N–H and O–H groups in total. The van der Waals surface area contributed by atoms with Crippen molar-refractivity contribution in [2.75, 3.05) is 0 Å². The molecule has 0 radical (unpaired) electrons. The van der Waals surface area contributed by atoms with Crippen molar-refractivity contribution < 1.29 is 19.0 Å². The van der Waals surface area contributed by atoms with Gasteiger partial charge < -0.3 is 14.2 Å². The van der Waals surface area contributed by atoms with Gasteiger partial charge in [-0.25, -0.2) is 0 Å². The molecule has 4 heteroatoms. The number of ether oxygens (including phenoxy) is 3. The number of hydrogen-bond donors (Lipinski definition) is 0. The zero-order valence-electron chi connectivity index (χ0n) is 10.4. The predicted octanol–water partition coefficient (Wildman–Crippen LogP) is 1.65. The molecule has 0 aromatic heterocycles. The largest absolute Gasteiger partial charge is 0.459 e. The van der Waals surface area contributed by atoms with Crippen molar-refractivity contribution in [3.8, 4) is 12.3 Å². The van der Waals surface area contributed by atoms with E-state index in [1.54, 1.807) is 19.9 Å². The van der Waals surface area contributed by atoms with Gasteiger partial charge in [-0.2, -0.15) is 0 Å². The van der Waals surface area contributed by atoms with E-state index in [1.165, 1.54) is 6.92 Å². The van der Waals surface area contributed by atoms with Crippen LogP contribution in [-0.4, -0.2) is 30.1 Å². The molecule has 1 aliphatic rings. The highest BCUT2D eigenvalue weighted by molar-refractivity contribution is 5.66. The first-order valence-corrected chi connectivity index (χ1v) is 5.48. The zero-order valence-corrected chi connectivity index (χ0v) is 10.4. The summed E-state index contributed by atoms with van der Waals surface area (Å²) >= 11 is 0. The van der Waals surface area contributed by atoms with Gasteiger partial charge in [0, 0.05) is 13.3 Å². The first-order chi connectivity index (χ1) is 7.89. The number of hydrogen-bond acceptors (Lipinski definition) is 4. The van der Waals surface area contributed by atoms with Gasteiger partial charge in [-0.15, -0.1) is 18.9 Å². The molecule has 1 saturated heterocycles. The summed E-state index contributed by atoms with van der Waals surface area (Å²) in [7, 11) is 0. The molecule has 94 valence electrons. The maximum atomic E-state index is 11.0. The van der Waals surface area contributed by atoms with Gasteiger partial charge in [0.1, 0.15) is 18.3 Å². The summed E-state index contributed by atoms with van der Waals surface area (Å²) in [5, 5.41) is 0. The lowest BCUT2D eigenvalue weighted by molar-refractivity contribution is -0.168. The van der Waals surface area contributed by atoms with E-state index in [2.05, 4.69) is 12.5 Å². The second-order valence-electron chi connectivity index (χ2n) is 4.36. The van der Waals surface area contributed by atoms with Gasteiger partial charge in [-0.3, -0.25) is 4.79 Å². The molecule has 3 atom stereocenters. The Labute approximate surface area is 102 Å². The minimum atomic E-state index is -0.726. The van der Waals surface area contributed by atoms with Crippen LogP contribution >= 0.6 is 0 Å². The smallest absolute Gasteiger partial charge is 0.303 e. The van der Waals surface area contributed by atoms with Crippen molar-refractivity contribution >= 4 is 5.97 Å². The molecule has 4 nitrogen and oxygen atoms in total. The van der Waals surface area contributed by atoms with Gasteiger partial charge in [0.2, 0.25) is 0 Å². The van der Waals surface area contributed by atoms with Gasteiger partial charge in [-0.1, -0.05) is 6.08 Å². The Hall–Kier alpha value is -1.31. The molecule has 0 bridgehead atoms. The Morgan fingerprint density at radius 1 is 1.65 bits per heavy atom. The standard InChI is InChI=1S/C13H18O4/c1-6-8-11(15-9(3)14)12-10(7-2)16-13(4,5)17-12/h1,7,10-12H,2,8H2,3-5H3/t10-,11-,12+/m1/s1. The van der Waals surface area contributed by atoms with E-state index in [4.69, 9.17) is 20.6 Å². The lowest BCUT2D eigenvalue weighted by atomic mass is 10.1. The molecule has 0 aromatic rings. The summed E-state index contributed by atoms with van der Waals surface area (Å²) in [5.74, 6) is 1.36.